The molecule has 0 radical (unpaired) electrons. The molecule has 2 unspecified atom stereocenters. The molecule has 0 amide bonds. The van der Waals surface area contributed by atoms with E-state index >= 15 is 0 Å². The molecular formula is C12H24N2O4. The van der Waals surface area contributed by atoms with Crippen LogP contribution in [0.4, 0.5) is 0 Å². The first kappa shape index (κ1) is 15.4. The summed E-state index contributed by atoms with van der Waals surface area (Å²) in [5, 5.41) is 12.1. The number of carbonyl (C=O) groups is 1. The number of carboxylic acid groups (broad SMARTS) is 1. The van der Waals surface area contributed by atoms with Gasteiger partial charge in [-0.3, -0.25) is 0 Å². The van der Waals surface area contributed by atoms with Crippen LogP contribution in [0.25, 0.3) is 0 Å². The molecule has 0 aromatic rings. The van der Waals surface area contributed by atoms with Gasteiger partial charge in [0.15, 0.2) is 6.10 Å². The van der Waals surface area contributed by atoms with Gasteiger partial charge in [-0.05, 0) is 19.9 Å². The number of ether oxygens (including phenoxy) is 2. The first-order valence-corrected chi connectivity index (χ1v) is 6.40. The molecule has 0 aliphatic carbocycles. The van der Waals surface area contributed by atoms with Crippen molar-refractivity contribution in [1.82, 2.24) is 10.2 Å². The summed E-state index contributed by atoms with van der Waals surface area (Å²) in [6.07, 6.45) is 0.871. The van der Waals surface area contributed by atoms with E-state index in [1.165, 1.54) is 0 Å². The molecule has 0 aromatic heterocycles. The van der Waals surface area contributed by atoms with Crippen LogP contribution in [0.15, 0.2) is 0 Å². The number of likely N-dealkylation sites (N-methyl/N-ethyl adjacent to an activating group) is 1. The van der Waals surface area contributed by atoms with Crippen molar-refractivity contribution < 1.29 is 19.4 Å². The molecule has 1 rings (SSSR count). The van der Waals surface area contributed by atoms with E-state index in [4.69, 9.17) is 14.6 Å². The van der Waals surface area contributed by atoms with E-state index in [-0.39, 0.29) is 6.10 Å². The van der Waals surface area contributed by atoms with Gasteiger partial charge in [0, 0.05) is 33.3 Å². The summed E-state index contributed by atoms with van der Waals surface area (Å²) in [6.45, 7) is 4.19. The first-order valence-electron chi connectivity index (χ1n) is 6.40. The van der Waals surface area contributed by atoms with Gasteiger partial charge in [-0.1, -0.05) is 0 Å². The maximum Gasteiger partial charge on any atom is 0.332 e. The lowest BCUT2D eigenvalue weighted by Crippen LogP contribution is -2.35. The molecule has 1 heterocycles. The van der Waals surface area contributed by atoms with E-state index in [0.717, 1.165) is 39.2 Å². The van der Waals surface area contributed by atoms with Gasteiger partial charge in [-0.25, -0.2) is 4.79 Å². The van der Waals surface area contributed by atoms with E-state index in [1.807, 2.05) is 7.05 Å². The van der Waals surface area contributed by atoms with Crippen molar-refractivity contribution in [3.63, 3.8) is 0 Å². The second-order valence-corrected chi connectivity index (χ2v) is 4.66. The van der Waals surface area contributed by atoms with Crippen LogP contribution in [-0.2, 0) is 14.3 Å². The van der Waals surface area contributed by atoms with Crippen LogP contribution in [0.1, 0.15) is 12.8 Å². The van der Waals surface area contributed by atoms with Crippen molar-refractivity contribution in [2.24, 2.45) is 0 Å². The number of rotatable bonds is 9. The Morgan fingerprint density at radius 2 is 2.28 bits per heavy atom. The SMILES string of the molecule is COCCN(C)CCNCC1CCC(C(=O)O)O1. The van der Waals surface area contributed by atoms with Crippen molar-refractivity contribution in [2.75, 3.05) is 46.9 Å². The second-order valence-electron chi connectivity index (χ2n) is 4.66. The monoisotopic (exact) mass is 260 g/mol. The fraction of sp³-hybridized carbons (Fsp3) is 0.917. The molecule has 1 aliphatic rings. The Bertz CT molecular complexity index is 250. The zero-order valence-corrected chi connectivity index (χ0v) is 11.2. The summed E-state index contributed by atoms with van der Waals surface area (Å²) in [6, 6.07) is 0. The van der Waals surface area contributed by atoms with Crippen molar-refractivity contribution in [1.29, 1.82) is 0 Å². The molecule has 1 aliphatic heterocycles. The van der Waals surface area contributed by atoms with E-state index in [1.54, 1.807) is 7.11 Å². The number of aliphatic carboxylic acids is 1. The van der Waals surface area contributed by atoms with E-state index in [2.05, 4.69) is 10.2 Å². The number of carboxylic acids is 1. The van der Waals surface area contributed by atoms with Crippen LogP contribution in [0, 0.1) is 0 Å². The van der Waals surface area contributed by atoms with Crippen molar-refractivity contribution in [3.8, 4) is 0 Å². The molecule has 1 fully saturated rings. The van der Waals surface area contributed by atoms with Crippen LogP contribution in [0.3, 0.4) is 0 Å². The van der Waals surface area contributed by atoms with Crippen molar-refractivity contribution in [3.05, 3.63) is 0 Å². The van der Waals surface area contributed by atoms with Crippen LogP contribution in [0.2, 0.25) is 0 Å². The van der Waals surface area contributed by atoms with E-state index < -0.39 is 12.1 Å². The molecule has 18 heavy (non-hydrogen) atoms. The van der Waals surface area contributed by atoms with Gasteiger partial charge in [0.1, 0.15) is 0 Å². The summed E-state index contributed by atoms with van der Waals surface area (Å²) < 4.78 is 10.4. The lowest BCUT2D eigenvalue weighted by atomic mass is 10.2. The number of nitrogens with zero attached hydrogens (tertiary/aromatic N) is 1. The van der Waals surface area contributed by atoms with Crippen LogP contribution in [-0.4, -0.2) is 75.1 Å². The molecule has 6 heteroatoms. The smallest absolute Gasteiger partial charge is 0.332 e. The summed E-state index contributed by atoms with van der Waals surface area (Å²) >= 11 is 0. The maximum atomic E-state index is 10.7. The molecule has 0 spiro atoms. The average Bonchev–Trinajstić information content (AvgIpc) is 2.81. The largest absolute Gasteiger partial charge is 0.479 e. The van der Waals surface area contributed by atoms with Gasteiger partial charge in [-0.2, -0.15) is 0 Å². The average molecular weight is 260 g/mol. The van der Waals surface area contributed by atoms with Gasteiger partial charge < -0.3 is 24.8 Å². The number of nitrogens with one attached hydrogen (secondary N) is 1. The summed E-state index contributed by atoms with van der Waals surface area (Å²) in [4.78, 5) is 12.9. The van der Waals surface area contributed by atoms with Gasteiger partial charge in [-0.15, -0.1) is 0 Å². The molecule has 1 saturated heterocycles. The topological polar surface area (TPSA) is 71.0 Å². The highest BCUT2D eigenvalue weighted by molar-refractivity contribution is 5.72. The molecule has 0 aromatic carbocycles. The quantitative estimate of drug-likeness (QED) is 0.559. The molecule has 2 N–H and O–H groups in total. The molecule has 2 atom stereocenters. The predicted octanol–water partition coefficient (Wildman–Crippen LogP) is -0.214. The van der Waals surface area contributed by atoms with Gasteiger partial charge in [0.2, 0.25) is 0 Å². The summed E-state index contributed by atoms with van der Waals surface area (Å²) in [5.74, 6) is -0.850. The van der Waals surface area contributed by atoms with Crippen LogP contribution in [0.5, 0.6) is 0 Å². The van der Waals surface area contributed by atoms with E-state index in [9.17, 15) is 4.79 Å². The Hall–Kier alpha value is -0.690. The van der Waals surface area contributed by atoms with Crippen molar-refractivity contribution >= 4 is 5.97 Å². The molecule has 106 valence electrons. The van der Waals surface area contributed by atoms with Crippen molar-refractivity contribution in [2.45, 2.75) is 25.0 Å². The fourth-order valence-electron chi connectivity index (χ4n) is 1.93. The number of hydrogen-bond acceptors (Lipinski definition) is 5. The standard InChI is InChI=1S/C12H24N2O4/c1-14(7-8-17-2)6-5-13-9-10-3-4-11(18-10)12(15)16/h10-11,13H,3-9H2,1-2H3,(H,15,16). The molecule has 0 saturated carbocycles. The minimum Gasteiger partial charge on any atom is -0.479 e. The number of methoxy groups -OCH3 is 1. The zero-order valence-electron chi connectivity index (χ0n) is 11.2. The minimum atomic E-state index is -0.850. The van der Waals surface area contributed by atoms with Gasteiger partial charge in [0.05, 0.1) is 12.7 Å². The van der Waals surface area contributed by atoms with Gasteiger partial charge in [0.25, 0.3) is 0 Å². The second kappa shape index (κ2) is 8.42. The lowest BCUT2D eigenvalue weighted by Gasteiger charge is -2.17. The highest BCUT2D eigenvalue weighted by Crippen LogP contribution is 2.18. The molecule has 6 nitrogen and oxygen atoms in total. The molecular weight excluding hydrogens is 236 g/mol. The van der Waals surface area contributed by atoms with E-state index in [0.29, 0.717) is 6.42 Å². The maximum absolute atomic E-state index is 10.7. The summed E-state index contributed by atoms with van der Waals surface area (Å²) in [5.41, 5.74) is 0. The Morgan fingerprint density at radius 3 is 2.89 bits per heavy atom. The predicted molar refractivity (Wildman–Crippen MR) is 67.8 cm³/mol. The Balaban J connectivity index is 2.00. The lowest BCUT2D eigenvalue weighted by molar-refractivity contribution is -0.149. The fourth-order valence-corrected chi connectivity index (χ4v) is 1.93. The van der Waals surface area contributed by atoms with Crippen LogP contribution < -0.4 is 5.32 Å². The summed E-state index contributed by atoms with van der Waals surface area (Å²) in [7, 11) is 3.75. The number of hydrogen-bond donors (Lipinski definition) is 2. The minimum absolute atomic E-state index is 0.0374. The normalized spacial score (nSPS) is 23.7. The molecule has 0 bridgehead atoms. The highest BCUT2D eigenvalue weighted by atomic mass is 16.5. The third-order valence-corrected chi connectivity index (χ3v) is 3.10. The van der Waals surface area contributed by atoms with Gasteiger partial charge >= 0.3 is 5.97 Å². The Labute approximate surface area is 108 Å². The Kier molecular flexibility index (Phi) is 7.19. The third-order valence-electron chi connectivity index (χ3n) is 3.10. The zero-order chi connectivity index (χ0) is 13.4. The Morgan fingerprint density at radius 1 is 1.50 bits per heavy atom. The third kappa shape index (κ3) is 5.77. The highest BCUT2D eigenvalue weighted by Gasteiger charge is 2.29. The first-order chi connectivity index (χ1) is 8.63. The van der Waals surface area contributed by atoms with Crippen LogP contribution >= 0.6 is 0 Å².